The molecule has 1 fully saturated rings. The quantitative estimate of drug-likeness (QED) is 0.809. The lowest BCUT2D eigenvalue weighted by Gasteiger charge is -2.32. The number of aromatic nitrogens is 2. The fraction of sp³-hybridized carbons (Fsp3) is 0.381. The van der Waals surface area contributed by atoms with Crippen LogP contribution in [0.2, 0.25) is 0 Å². The van der Waals surface area contributed by atoms with E-state index >= 15 is 0 Å². The number of hydrogen-bond donors (Lipinski definition) is 0. The van der Waals surface area contributed by atoms with Crippen molar-refractivity contribution in [3.8, 4) is 0 Å². The van der Waals surface area contributed by atoms with E-state index in [1.807, 2.05) is 39.0 Å². The standard InChI is InChI=1S/C21H25N3O2/c1-21(2,3)26-20(25)24-13-9-17(10-14-24)19(16-7-5-4-6-8-16)18-15-22-11-12-23-18/h4-8,11-12,15H,9-10,13-14H2,1-3H3. The summed E-state index contributed by atoms with van der Waals surface area (Å²) in [6.45, 7) is 6.98. The Morgan fingerprint density at radius 3 is 2.35 bits per heavy atom. The number of nitrogens with zero attached hydrogens (tertiary/aromatic N) is 3. The second kappa shape index (κ2) is 7.68. The highest BCUT2D eigenvalue weighted by atomic mass is 16.6. The molecule has 0 bridgehead atoms. The van der Waals surface area contributed by atoms with E-state index in [1.165, 1.54) is 5.57 Å². The first kappa shape index (κ1) is 18.1. The van der Waals surface area contributed by atoms with Gasteiger partial charge in [0.2, 0.25) is 0 Å². The molecule has 0 radical (unpaired) electrons. The largest absolute Gasteiger partial charge is 0.444 e. The Bertz CT molecular complexity index is 728. The molecular weight excluding hydrogens is 326 g/mol. The number of benzene rings is 1. The first-order chi connectivity index (χ1) is 12.4. The Hall–Kier alpha value is -2.69. The van der Waals surface area contributed by atoms with Crippen LogP contribution in [0.15, 0.2) is 54.5 Å². The van der Waals surface area contributed by atoms with Crippen LogP contribution in [-0.2, 0) is 4.74 Å². The zero-order chi connectivity index (χ0) is 18.6. The van der Waals surface area contributed by atoms with E-state index in [9.17, 15) is 4.79 Å². The second-order valence-corrected chi connectivity index (χ2v) is 7.40. The van der Waals surface area contributed by atoms with Gasteiger partial charge in [0.15, 0.2) is 0 Å². The summed E-state index contributed by atoms with van der Waals surface area (Å²) in [7, 11) is 0. The third-order valence-electron chi connectivity index (χ3n) is 4.25. The van der Waals surface area contributed by atoms with Crippen molar-refractivity contribution in [2.75, 3.05) is 13.1 Å². The summed E-state index contributed by atoms with van der Waals surface area (Å²) in [5, 5.41) is 0. The maximum absolute atomic E-state index is 12.3. The molecule has 1 saturated heterocycles. The number of carbonyl (C=O) groups is 1. The van der Waals surface area contributed by atoms with Crippen LogP contribution >= 0.6 is 0 Å². The van der Waals surface area contributed by atoms with Crippen molar-refractivity contribution in [2.45, 2.75) is 39.2 Å². The van der Waals surface area contributed by atoms with Gasteiger partial charge in [0.25, 0.3) is 0 Å². The van der Waals surface area contributed by atoms with Crippen LogP contribution in [0.5, 0.6) is 0 Å². The van der Waals surface area contributed by atoms with Gasteiger partial charge >= 0.3 is 6.09 Å². The summed E-state index contributed by atoms with van der Waals surface area (Å²) >= 11 is 0. The van der Waals surface area contributed by atoms with Gasteiger partial charge in [-0.3, -0.25) is 9.97 Å². The first-order valence-corrected chi connectivity index (χ1v) is 8.96. The topological polar surface area (TPSA) is 55.3 Å². The van der Waals surface area contributed by atoms with Crippen LogP contribution in [0, 0.1) is 0 Å². The van der Waals surface area contributed by atoms with E-state index in [4.69, 9.17) is 4.74 Å². The molecule has 1 aromatic carbocycles. The maximum atomic E-state index is 12.3. The number of hydrogen-bond acceptors (Lipinski definition) is 4. The van der Waals surface area contributed by atoms with Gasteiger partial charge < -0.3 is 9.64 Å². The van der Waals surface area contributed by atoms with Gasteiger partial charge in [0, 0.05) is 31.1 Å². The van der Waals surface area contributed by atoms with Gasteiger partial charge in [-0.25, -0.2) is 4.79 Å². The summed E-state index contributed by atoms with van der Waals surface area (Å²) in [6.07, 6.45) is 6.57. The molecule has 136 valence electrons. The van der Waals surface area contributed by atoms with Gasteiger partial charge in [0.05, 0.1) is 11.9 Å². The van der Waals surface area contributed by atoms with Crippen molar-refractivity contribution in [3.63, 3.8) is 0 Å². The molecule has 2 aromatic rings. The minimum Gasteiger partial charge on any atom is -0.444 e. The number of carbonyl (C=O) groups excluding carboxylic acids is 1. The van der Waals surface area contributed by atoms with E-state index in [1.54, 1.807) is 23.5 Å². The molecule has 0 atom stereocenters. The molecule has 0 aliphatic carbocycles. The molecule has 0 saturated carbocycles. The molecule has 0 N–H and O–H groups in total. The molecule has 26 heavy (non-hydrogen) atoms. The van der Waals surface area contributed by atoms with Crippen molar-refractivity contribution < 1.29 is 9.53 Å². The maximum Gasteiger partial charge on any atom is 0.410 e. The fourth-order valence-electron chi connectivity index (χ4n) is 3.10. The Labute approximate surface area is 154 Å². The minimum absolute atomic E-state index is 0.239. The Morgan fingerprint density at radius 2 is 1.77 bits per heavy atom. The summed E-state index contributed by atoms with van der Waals surface area (Å²) in [6, 6.07) is 10.3. The van der Waals surface area contributed by atoms with Gasteiger partial charge in [-0.1, -0.05) is 35.9 Å². The average molecular weight is 351 g/mol. The second-order valence-electron chi connectivity index (χ2n) is 7.40. The van der Waals surface area contributed by atoms with Crippen molar-refractivity contribution in [2.24, 2.45) is 0 Å². The molecule has 1 aliphatic rings. The smallest absolute Gasteiger partial charge is 0.410 e. The van der Waals surface area contributed by atoms with E-state index in [-0.39, 0.29) is 6.09 Å². The third-order valence-corrected chi connectivity index (χ3v) is 4.25. The molecule has 5 heteroatoms. The number of likely N-dealkylation sites (tertiary alicyclic amines) is 1. The third kappa shape index (κ3) is 4.48. The van der Waals surface area contributed by atoms with Gasteiger partial charge in [-0.2, -0.15) is 0 Å². The monoisotopic (exact) mass is 351 g/mol. The van der Waals surface area contributed by atoms with Gasteiger partial charge in [-0.05, 0) is 39.2 Å². The van der Waals surface area contributed by atoms with Crippen LogP contribution in [0.1, 0.15) is 44.9 Å². The lowest BCUT2D eigenvalue weighted by molar-refractivity contribution is 0.0236. The van der Waals surface area contributed by atoms with E-state index in [0.29, 0.717) is 13.1 Å². The molecule has 1 aliphatic heterocycles. The van der Waals surface area contributed by atoms with Gasteiger partial charge in [-0.15, -0.1) is 0 Å². The molecule has 5 nitrogen and oxygen atoms in total. The average Bonchev–Trinajstić information content (AvgIpc) is 2.63. The highest BCUT2D eigenvalue weighted by Gasteiger charge is 2.26. The predicted molar refractivity (Wildman–Crippen MR) is 102 cm³/mol. The summed E-state index contributed by atoms with van der Waals surface area (Å²) in [4.78, 5) is 22.8. The van der Waals surface area contributed by atoms with Crippen molar-refractivity contribution in [1.29, 1.82) is 0 Å². The van der Waals surface area contributed by atoms with Crippen LogP contribution in [0.4, 0.5) is 4.79 Å². The van der Waals surface area contributed by atoms with Crippen molar-refractivity contribution in [1.82, 2.24) is 14.9 Å². The van der Waals surface area contributed by atoms with Crippen molar-refractivity contribution >= 4 is 11.7 Å². The lowest BCUT2D eigenvalue weighted by atomic mass is 9.91. The number of amides is 1. The van der Waals surface area contributed by atoms with Crippen LogP contribution < -0.4 is 0 Å². The SMILES string of the molecule is CC(C)(C)OC(=O)N1CCC(=C(c2ccccc2)c2cnccn2)CC1. The van der Waals surface area contributed by atoms with E-state index in [0.717, 1.165) is 29.7 Å². The van der Waals surface area contributed by atoms with Crippen LogP contribution in [0.25, 0.3) is 5.57 Å². The molecule has 0 unspecified atom stereocenters. The summed E-state index contributed by atoms with van der Waals surface area (Å²) < 4.78 is 5.49. The zero-order valence-electron chi connectivity index (χ0n) is 15.6. The van der Waals surface area contributed by atoms with Crippen molar-refractivity contribution in [3.05, 3.63) is 65.8 Å². The van der Waals surface area contributed by atoms with Crippen LogP contribution in [-0.4, -0.2) is 39.7 Å². The highest BCUT2D eigenvalue weighted by molar-refractivity contribution is 5.80. The molecule has 1 aromatic heterocycles. The zero-order valence-corrected chi connectivity index (χ0v) is 15.6. The molecular formula is C21H25N3O2. The minimum atomic E-state index is -0.470. The Balaban J connectivity index is 1.84. The van der Waals surface area contributed by atoms with E-state index < -0.39 is 5.60 Å². The number of piperidine rings is 1. The summed E-state index contributed by atoms with van der Waals surface area (Å²) in [5.74, 6) is 0. The van der Waals surface area contributed by atoms with Gasteiger partial charge in [0.1, 0.15) is 5.60 Å². The lowest BCUT2D eigenvalue weighted by Crippen LogP contribution is -2.40. The number of rotatable bonds is 2. The molecule has 1 amide bonds. The molecule has 3 rings (SSSR count). The first-order valence-electron chi connectivity index (χ1n) is 8.96. The Morgan fingerprint density at radius 1 is 1.08 bits per heavy atom. The molecule has 2 heterocycles. The fourth-order valence-corrected chi connectivity index (χ4v) is 3.10. The summed E-state index contributed by atoms with van der Waals surface area (Å²) in [5.41, 5.74) is 3.97. The van der Waals surface area contributed by atoms with E-state index in [2.05, 4.69) is 22.1 Å². The Kier molecular flexibility index (Phi) is 5.35. The molecule has 0 spiro atoms. The number of ether oxygens (including phenoxy) is 1. The van der Waals surface area contributed by atoms with Crippen LogP contribution in [0.3, 0.4) is 0 Å². The highest BCUT2D eigenvalue weighted by Crippen LogP contribution is 2.31. The predicted octanol–water partition coefficient (Wildman–Crippen LogP) is 4.31. The normalized spacial score (nSPS) is 14.9.